The lowest BCUT2D eigenvalue weighted by Crippen LogP contribution is -2.29. The molecule has 0 fully saturated rings. The molecule has 4 N–H and O–H groups in total. The second-order valence-electron chi connectivity index (χ2n) is 4.31. The SMILES string of the molecule is CS(=O)(=O)NCCCNS(=O)(=O)c1cccc(C(N)=S)c1. The van der Waals surface area contributed by atoms with Crippen LogP contribution in [0, 0.1) is 0 Å². The monoisotopic (exact) mass is 351 g/mol. The van der Waals surface area contributed by atoms with Crippen LogP contribution in [-0.4, -0.2) is 41.2 Å². The van der Waals surface area contributed by atoms with Crippen molar-refractivity contribution >= 4 is 37.3 Å². The summed E-state index contributed by atoms with van der Waals surface area (Å²) in [6, 6.07) is 5.99. The van der Waals surface area contributed by atoms with E-state index >= 15 is 0 Å². The minimum absolute atomic E-state index is 0.0591. The van der Waals surface area contributed by atoms with Crippen LogP contribution >= 0.6 is 12.2 Å². The average molecular weight is 351 g/mol. The molecule has 0 amide bonds. The third-order valence-corrected chi connectivity index (χ3v) is 4.86. The Hall–Kier alpha value is -1.07. The molecule has 0 bridgehead atoms. The normalized spacial score (nSPS) is 12.2. The minimum Gasteiger partial charge on any atom is -0.389 e. The van der Waals surface area contributed by atoms with Gasteiger partial charge in [0.25, 0.3) is 0 Å². The van der Waals surface area contributed by atoms with E-state index < -0.39 is 20.0 Å². The third-order valence-electron chi connectivity index (χ3n) is 2.44. The number of benzene rings is 1. The Morgan fingerprint density at radius 2 is 1.81 bits per heavy atom. The maximum absolute atomic E-state index is 12.0. The largest absolute Gasteiger partial charge is 0.389 e. The smallest absolute Gasteiger partial charge is 0.240 e. The maximum atomic E-state index is 12.0. The highest BCUT2D eigenvalue weighted by molar-refractivity contribution is 7.89. The fourth-order valence-electron chi connectivity index (χ4n) is 1.45. The summed E-state index contributed by atoms with van der Waals surface area (Å²) in [4.78, 5) is 0.174. The summed E-state index contributed by atoms with van der Waals surface area (Å²) < 4.78 is 50.4. The zero-order chi connectivity index (χ0) is 16.1. The van der Waals surface area contributed by atoms with Gasteiger partial charge in [-0.2, -0.15) is 0 Å². The van der Waals surface area contributed by atoms with Gasteiger partial charge in [0.05, 0.1) is 11.2 Å². The second kappa shape index (κ2) is 7.27. The molecule has 0 unspecified atom stereocenters. The zero-order valence-corrected chi connectivity index (χ0v) is 13.8. The summed E-state index contributed by atoms with van der Waals surface area (Å²) in [7, 11) is -6.94. The highest BCUT2D eigenvalue weighted by Gasteiger charge is 2.14. The summed E-state index contributed by atoms with van der Waals surface area (Å²) in [6.07, 6.45) is 1.37. The minimum atomic E-state index is -3.67. The van der Waals surface area contributed by atoms with Crippen molar-refractivity contribution in [2.45, 2.75) is 11.3 Å². The lowest BCUT2D eigenvalue weighted by molar-refractivity contribution is 0.575. The summed E-state index contributed by atoms with van der Waals surface area (Å²) in [5.41, 5.74) is 5.92. The Labute approximate surface area is 130 Å². The number of thiocarbonyl (C=S) groups is 1. The van der Waals surface area contributed by atoms with Crippen molar-refractivity contribution in [1.29, 1.82) is 0 Å². The van der Waals surface area contributed by atoms with E-state index in [2.05, 4.69) is 9.44 Å². The van der Waals surface area contributed by atoms with Gasteiger partial charge < -0.3 is 5.73 Å². The maximum Gasteiger partial charge on any atom is 0.240 e. The fraction of sp³-hybridized carbons (Fsp3) is 0.364. The van der Waals surface area contributed by atoms with Crippen LogP contribution in [-0.2, 0) is 20.0 Å². The molecule has 7 nitrogen and oxygen atoms in total. The van der Waals surface area contributed by atoms with E-state index in [-0.39, 0.29) is 23.0 Å². The van der Waals surface area contributed by atoms with E-state index in [0.29, 0.717) is 12.0 Å². The van der Waals surface area contributed by atoms with Gasteiger partial charge in [-0.15, -0.1) is 0 Å². The van der Waals surface area contributed by atoms with E-state index in [1.165, 1.54) is 12.1 Å². The summed E-state index contributed by atoms with van der Waals surface area (Å²) in [5, 5.41) is 0. The molecular formula is C11H17N3O4S3. The number of hydrogen-bond acceptors (Lipinski definition) is 5. The van der Waals surface area contributed by atoms with Gasteiger partial charge in [-0.3, -0.25) is 0 Å². The predicted molar refractivity (Wildman–Crippen MR) is 85.0 cm³/mol. The molecule has 1 aromatic carbocycles. The van der Waals surface area contributed by atoms with E-state index in [1.54, 1.807) is 12.1 Å². The number of rotatable bonds is 8. The Kier molecular flexibility index (Phi) is 6.23. The molecular weight excluding hydrogens is 334 g/mol. The van der Waals surface area contributed by atoms with Gasteiger partial charge in [0.1, 0.15) is 4.99 Å². The molecule has 0 saturated carbocycles. The summed E-state index contributed by atoms with van der Waals surface area (Å²) in [6.45, 7) is 0.274. The van der Waals surface area contributed by atoms with E-state index in [9.17, 15) is 16.8 Å². The molecule has 1 aromatic rings. The van der Waals surface area contributed by atoms with Crippen LogP contribution in [0.25, 0.3) is 0 Å². The highest BCUT2D eigenvalue weighted by atomic mass is 32.2. The van der Waals surface area contributed by atoms with E-state index in [4.69, 9.17) is 18.0 Å². The molecule has 1 rings (SSSR count). The Balaban J connectivity index is 2.62. The van der Waals surface area contributed by atoms with Crippen molar-refractivity contribution in [2.75, 3.05) is 19.3 Å². The second-order valence-corrected chi connectivity index (χ2v) is 8.35. The number of nitrogens with two attached hydrogens (primary N) is 1. The highest BCUT2D eigenvalue weighted by Crippen LogP contribution is 2.11. The van der Waals surface area contributed by atoms with Crippen molar-refractivity contribution in [3.05, 3.63) is 29.8 Å². The van der Waals surface area contributed by atoms with Gasteiger partial charge in [0.15, 0.2) is 0 Å². The average Bonchev–Trinajstić information content (AvgIpc) is 2.37. The number of hydrogen-bond donors (Lipinski definition) is 3. The van der Waals surface area contributed by atoms with Crippen molar-refractivity contribution in [3.63, 3.8) is 0 Å². The lowest BCUT2D eigenvalue weighted by Gasteiger charge is -2.08. The Bertz CT molecular complexity index is 714. The number of nitrogens with one attached hydrogen (secondary N) is 2. The van der Waals surface area contributed by atoms with Crippen molar-refractivity contribution in [1.82, 2.24) is 9.44 Å². The van der Waals surface area contributed by atoms with E-state index in [1.807, 2.05) is 0 Å². The van der Waals surface area contributed by atoms with Crippen LogP contribution in [0.1, 0.15) is 12.0 Å². The van der Waals surface area contributed by atoms with Crippen LogP contribution in [0.5, 0.6) is 0 Å². The van der Waals surface area contributed by atoms with Crippen LogP contribution in [0.4, 0.5) is 0 Å². The predicted octanol–water partition coefficient (Wildman–Crippen LogP) is -0.462. The Morgan fingerprint density at radius 3 is 2.38 bits per heavy atom. The first-order chi connectivity index (χ1) is 9.62. The summed E-state index contributed by atoms with van der Waals surface area (Å²) in [5.74, 6) is 0. The third kappa shape index (κ3) is 6.48. The first-order valence-corrected chi connectivity index (χ1v) is 9.74. The van der Waals surface area contributed by atoms with Gasteiger partial charge in [0, 0.05) is 18.7 Å². The van der Waals surface area contributed by atoms with Crippen LogP contribution in [0.3, 0.4) is 0 Å². The molecule has 21 heavy (non-hydrogen) atoms. The standard InChI is InChI=1S/C11H17N3O4S3/c1-20(15,16)13-6-3-7-14-21(17,18)10-5-2-4-9(8-10)11(12)19/h2,4-5,8,13-14H,3,6-7H2,1H3,(H2,12,19). The van der Waals surface area contributed by atoms with Crippen molar-refractivity contribution < 1.29 is 16.8 Å². The molecule has 0 atom stereocenters. The van der Waals surface area contributed by atoms with Crippen LogP contribution < -0.4 is 15.2 Å². The topological polar surface area (TPSA) is 118 Å². The molecule has 0 radical (unpaired) electrons. The van der Waals surface area contributed by atoms with Crippen LogP contribution in [0.15, 0.2) is 29.2 Å². The lowest BCUT2D eigenvalue weighted by atomic mass is 10.2. The van der Waals surface area contributed by atoms with Crippen molar-refractivity contribution in [2.24, 2.45) is 5.73 Å². The van der Waals surface area contributed by atoms with Gasteiger partial charge >= 0.3 is 0 Å². The molecule has 0 heterocycles. The first-order valence-electron chi connectivity index (χ1n) is 5.96. The van der Waals surface area contributed by atoms with E-state index in [0.717, 1.165) is 6.26 Å². The molecule has 0 spiro atoms. The molecule has 0 aromatic heterocycles. The molecule has 118 valence electrons. The zero-order valence-electron chi connectivity index (χ0n) is 11.4. The van der Waals surface area contributed by atoms with Crippen LogP contribution in [0.2, 0.25) is 0 Å². The first kappa shape index (κ1) is 18.0. The quantitative estimate of drug-likeness (QED) is 0.431. The van der Waals surface area contributed by atoms with Gasteiger partial charge in [0.2, 0.25) is 20.0 Å². The molecule has 0 aliphatic rings. The number of sulfonamides is 2. The van der Waals surface area contributed by atoms with Gasteiger partial charge in [-0.1, -0.05) is 24.4 Å². The van der Waals surface area contributed by atoms with Gasteiger partial charge in [-0.25, -0.2) is 26.3 Å². The molecule has 0 aliphatic heterocycles. The molecule has 0 saturated heterocycles. The summed E-state index contributed by atoms with van der Waals surface area (Å²) >= 11 is 4.80. The Morgan fingerprint density at radius 1 is 1.19 bits per heavy atom. The molecule has 10 heteroatoms. The van der Waals surface area contributed by atoms with Crippen molar-refractivity contribution in [3.8, 4) is 0 Å². The van der Waals surface area contributed by atoms with Gasteiger partial charge in [-0.05, 0) is 18.6 Å². The molecule has 0 aliphatic carbocycles. The fourth-order valence-corrected chi connectivity index (χ4v) is 3.21.